The van der Waals surface area contributed by atoms with Crippen molar-refractivity contribution in [3.05, 3.63) is 24.2 Å². The zero-order chi connectivity index (χ0) is 20.6. The maximum Gasteiger partial charge on any atom is 0.410 e. The highest BCUT2D eigenvalue weighted by Gasteiger charge is 2.27. The van der Waals surface area contributed by atoms with Crippen LogP contribution in [0.1, 0.15) is 46.3 Å². The van der Waals surface area contributed by atoms with Crippen molar-refractivity contribution in [2.75, 3.05) is 39.8 Å². The van der Waals surface area contributed by atoms with Crippen LogP contribution in [0.25, 0.3) is 0 Å². The van der Waals surface area contributed by atoms with E-state index in [1.807, 2.05) is 51.8 Å². The van der Waals surface area contributed by atoms with Gasteiger partial charge in [-0.1, -0.05) is 0 Å². The number of aliphatic imine (C=N–C) groups is 1. The van der Waals surface area contributed by atoms with Crippen molar-refractivity contribution >= 4 is 36.0 Å². The average Bonchev–Trinajstić information content (AvgIpc) is 3.16. The molecule has 8 heteroatoms. The van der Waals surface area contributed by atoms with Gasteiger partial charge in [0.1, 0.15) is 11.4 Å². The number of nitrogens with zero attached hydrogens (tertiary/aromatic N) is 3. The van der Waals surface area contributed by atoms with E-state index in [1.165, 1.54) is 0 Å². The first kappa shape index (κ1) is 25.6. The Hall–Kier alpha value is -1.45. The number of hydrogen-bond donors (Lipinski definition) is 1. The van der Waals surface area contributed by atoms with Gasteiger partial charge in [-0.25, -0.2) is 4.79 Å². The Bertz CT molecular complexity index is 620. The minimum Gasteiger partial charge on any atom is -0.469 e. The summed E-state index contributed by atoms with van der Waals surface area (Å²) in [5.41, 5.74) is -0.457. The van der Waals surface area contributed by atoms with Crippen molar-refractivity contribution in [2.24, 2.45) is 10.9 Å². The zero-order valence-corrected chi connectivity index (χ0v) is 20.8. The highest BCUT2D eigenvalue weighted by molar-refractivity contribution is 14.0. The van der Waals surface area contributed by atoms with E-state index in [4.69, 9.17) is 9.15 Å². The van der Waals surface area contributed by atoms with Crippen molar-refractivity contribution in [2.45, 2.75) is 52.6 Å². The zero-order valence-electron chi connectivity index (χ0n) is 18.4. The average molecular weight is 520 g/mol. The number of amides is 1. The Kier molecular flexibility index (Phi) is 10.8. The van der Waals surface area contributed by atoms with Crippen LogP contribution in [0.15, 0.2) is 27.8 Å². The molecule has 0 aliphatic carbocycles. The van der Waals surface area contributed by atoms with E-state index < -0.39 is 5.60 Å². The first-order valence-electron chi connectivity index (χ1n) is 10.3. The number of piperidine rings is 1. The number of nitrogens with one attached hydrogen (secondary N) is 1. The number of hydrogen-bond acceptors (Lipinski definition) is 4. The third-order valence-electron chi connectivity index (χ3n) is 4.87. The van der Waals surface area contributed by atoms with Gasteiger partial charge in [0.25, 0.3) is 0 Å². The molecule has 1 saturated heterocycles. The van der Waals surface area contributed by atoms with E-state index in [-0.39, 0.29) is 30.1 Å². The minimum absolute atomic E-state index is 0. The van der Waals surface area contributed by atoms with Gasteiger partial charge >= 0.3 is 6.09 Å². The maximum atomic E-state index is 12.4. The Morgan fingerprint density at radius 3 is 2.59 bits per heavy atom. The molecular weight excluding hydrogens is 483 g/mol. The van der Waals surface area contributed by atoms with Crippen molar-refractivity contribution in [1.82, 2.24) is 15.1 Å². The van der Waals surface area contributed by atoms with Crippen molar-refractivity contribution in [3.8, 4) is 0 Å². The summed E-state index contributed by atoms with van der Waals surface area (Å²) in [4.78, 5) is 20.9. The van der Waals surface area contributed by atoms with Crippen LogP contribution < -0.4 is 5.32 Å². The minimum atomic E-state index is -0.457. The summed E-state index contributed by atoms with van der Waals surface area (Å²) < 4.78 is 10.9. The Balaban J connectivity index is 0.00000420. The summed E-state index contributed by atoms with van der Waals surface area (Å²) in [5, 5.41) is 3.42. The van der Waals surface area contributed by atoms with Gasteiger partial charge in [-0.15, -0.1) is 24.0 Å². The number of guanidine groups is 1. The molecule has 1 aliphatic heterocycles. The fourth-order valence-corrected chi connectivity index (χ4v) is 3.38. The molecule has 0 spiro atoms. The molecule has 1 aromatic heterocycles. The van der Waals surface area contributed by atoms with Gasteiger partial charge in [0, 0.05) is 46.2 Å². The number of ether oxygens (including phenoxy) is 1. The van der Waals surface area contributed by atoms with Crippen molar-refractivity contribution in [3.63, 3.8) is 0 Å². The predicted octanol–water partition coefficient (Wildman–Crippen LogP) is 3.98. The van der Waals surface area contributed by atoms with Gasteiger partial charge in [-0.05, 0) is 58.6 Å². The molecule has 0 aromatic carbocycles. The SMILES string of the molecule is CCN(CC1CCN(C(=NC)NCCc2ccco2)CC1)C(=O)OC(C)(C)C.I. The van der Waals surface area contributed by atoms with Gasteiger partial charge in [0.15, 0.2) is 5.96 Å². The fraction of sp³-hybridized carbons (Fsp3) is 0.714. The summed E-state index contributed by atoms with van der Waals surface area (Å²) in [6, 6.07) is 3.89. The van der Waals surface area contributed by atoms with Gasteiger partial charge in [0.05, 0.1) is 6.26 Å². The number of furan rings is 1. The van der Waals surface area contributed by atoms with Crippen LogP contribution >= 0.6 is 24.0 Å². The Morgan fingerprint density at radius 2 is 2.07 bits per heavy atom. The lowest BCUT2D eigenvalue weighted by Gasteiger charge is -2.36. The van der Waals surface area contributed by atoms with Crippen LogP contribution in [0.5, 0.6) is 0 Å². The summed E-state index contributed by atoms with van der Waals surface area (Å²) in [6.45, 7) is 11.8. The fourth-order valence-electron chi connectivity index (χ4n) is 3.38. The van der Waals surface area contributed by atoms with Gasteiger partial charge in [-0.2, -0.15) is 0 Å². The molecule has 166 valence electrons. The van der Waals surface area contributed by atoms with E-state index in [2.05, 4.69) is 15.2 Å². The first-order valence-corrected chi connectivity index (χ1v) is 10.3. The number of likely N-dealkylation sites (tertiary alicyclic amines) is 1. The second-order valence-electron chi connectivity index (χ2n) is 8.25. The van der Waals surface area contributed by atoms with Gasteiger partial charge < -0.3 is 24.3 Å². The normalized spacial score (nSPS) is 15.6. The van der Waals surface area contributed by atoms with Crippen LogP contribution in [0.3, 0.4) is 0 Å². The lowest BCUT2D eigenvalue weighted by molar-refractivity contribution is 0.0214. The van der Waals surface area contributed by atoms with Gasteiger partial charge in [0.2, 0.25) is 0 Å². The number of halogens is 1. The quantitative estimate of drug-likeness (QED) is 0.349. The lowest BCUT2D eigenvalue weighted by atomic mass is 9.96. The molecule has 29 heavy (non-hydrogen) atoms. The highest BCUT2D eigenvalue weighted by atomic mass is 127. The molecule has 7 nitrogen and oxygen atoms in total. The molecule has 0 bridgehead atoms. The molecular formula is C21H37IN4O3. The third kappa shape index (κ3) is 8.84. The molecule has 1 aliphatic rings. The molecule has 1 aromatic rings. The summed E-state index contributed by atoms with van der Waals surface area (Å²) in [5.74, 6) is 2.40. The molecule has 1 fully saturated rings. The van der Waals surface area contributed by atoms with Crippen LogP contribution in [0.4, 0.5) is 4.79 Å². The standard InChI is InChI=1S/C21H36N4O3.HI/c1-6-24(20(26)28-21(2,3)4)16-17-10-13-25(14-11-17)19(22-5)23-12-9-18-8-7-15-27-18;/h7-8,15,17H,6,9-14,16H2,1-5H3,(H,22,23);1H. The molecule has 2 heterocycles. The topological polar surface area (TPSA) is 70.3 Å². The third-order valence-corrected chi connectivity index (χ3v) is 4.87. The van der Waals surface area contributed by atoms with E-state index >= 15 is 0 Å². The number of rotatable bonds is 6. The molecule has 0 radical (unpaired) electrons. The monoisotopic (exact) mass is 520 g/mol. The number of carbonyl (C=O) groups excluding carboxylic acids is 1. The molecule has 0 unspecified atom stereocenters. The Morgan fingerprint density at radius 1 is 1.38 bits per heavy atom. The largest absolute Gasteiger partial charge is 0.469 e. The van der Waals surface area contributed by atoms with Crippen molar-refractivity contribution in [1.29, 1.82) is 0 Å². The van der Waals surface area contributed by atoms with Gasteiger partial charge in [-0.3, -0.25) is 4.99 Å². The summed E-state index contributed by atoms with van der Waals surface area (Å²) in [7, 11) is 1.82. The van der Waals surface area contributed by atoms with Crippen LogP contribution in [0.2, 0.25) is 0 Å². The lowest BCUT2D eigenvalue weighted by Crippen LogP contribution is -2.48. The molecule has 0 saturated carbocycles. The predicted molar refractivity (Wildman–Crippen MR) is 127 cm³/mol. The second kappa shape index (κ2) is 12.3. The second-order valence-corrected chi connectivity index (χ2v) is 8.25. The van der Waals surface area contributed by atoms with E-state index in [9.17, 15) is 4.79 Å². The van der Waals surface area contributed by atoms with E-state index in [1.54, 1.807) is 6.26 Å². The molecule has 0 atom stereocenters. The summed E-state index contributed by atoms with van der Waals surface area (Å²) >= 11 is 0. The van der Waals surface area contributed by atoms with Crippen LogP contribution in [0, 0.1) is 5.92 Å². The van der Waals surface area contributed by atoms with Crippen LogP contribution in [-0.4, -0.2) is 67.2 Å². The first-order chi connectivity index (χ1) is 13.3. The maximum absolute atomic E-state index is 12.4. The smallest absolute Gasteiger partial charge is 0.410 e. The Labute approximate surface area is 192 Å². The molecule has 2 rings (SSSR count). The van der Waals surface area contributed by atoms with E-state index in [0.29, 0.717) is 12.5 Å². The molecule has 1 amide bonds. The van der Waals surface area contributed by atoms with E-state index in [0.717, 1.165) is 57.2 Å². The molecule has 1 N–H and O–H groups in total. The van der Waals surface area contributed by atoms with Crippen LogP contribution in [-0.2, 0) is 11.2 Å². The highest BCUT2D eigenvalue weighted by Crippen LogP contribution is 2.20. The van der Waals surface area contributed by atoms with Crippen molar-refractivity contribution < 1.29 is 13.9 Å². The number of carbonyl (C=O) groups is 1. The summed E-state index contributed by atoms with van der Waals surface area (Å²) in [6.07, 6.45) is 4.40.